The number of hydrogen-bond donors (Lipinski definition) is 2. The number of nitrogens with two attached hydrogens (primary N) is 1. The fraction of sp³-hybridized carbons (Fsp3) is 0.583. The van der Waals surface area contributed by atoms with E-state index in [2.05, 4.69) is 22.1 Å². The quantitative estimate of drug-likeness (QED) is 0.486. The van der Waals surface area contributed by atoms with Gasteiger partial charge in [0.2, 0.25) is 0 Å². The number of hydrogen-bond acceptors (Lipinski definition) is 1. The third-order valence-electron chi connectivity index (χ3n) is 4.25. The zero-order valence-electron chi connectivity index (χ0n) is 9.83. The number of nitrogens with zero attached hydrogens (tertiary/aromatic N) is 1. The first-order valence-electron chi connectivity index (χ1n) is 5.90. The molecule has 1 saturated heterocycles. The summed E-state index contributed by atoms with van der Waals surface area (Å²) in [6.45, 7) is 2.53. The van der Waals surface area contributed by atoms with Crippen LogP contribution in [0.4, 0.5) is 0 Å². The summed E-state index contributed by atoms with van der Waals surface area (Å²) in [6, 6.07) is 4.73. The van der Waals surface area contributed by atoms with Crippen molar-refractivity contribution in [3.05, 3.63) is 29.6 Å². The molecule has 0 amide bonds. The molecule has 2 aliphatic rings. The van der Waals surface area contributed by atoms with Crippen molar-refractivity contribution in [2.24, 2.45) is 5.41 Å². The average Bonchev–Trinajstić information content (AvgIpc) is 2.54. The van der Waals surface area contributed by atoms with E-state index in [9.17, 15) is 0 Å². The van der Waals surface area contributed by atoms with Gasteiger partial charge in [0.1, 0.15) is 6.04 Å². The van der Waals surface area contributed by atoms with Gasteiger partial charge >= 0.3 is 0 Å². The Morgan fingerprint density at radius 3 is 2.65 bits per heavy atom. The molecular weight excluding hydrogens is 257 g/mol. The molecule has 0 saturated carbocycles. The van der Waals surface area contributed by atoms with Gasteiger partial charge in [0, 0.05) is 36.4 Å². The van der Waals surface area contributed by atoms with Gasteiger partial charge in [-0.25, -0.2) is 0 Å². The van der Waals surface area contributed by atoms with Crippen LogP contribution in [-0.4, -0.2) is 18.1 Å². The lowest BCUT2D eigenvalue weighted by atomic mass is 9.74. The second-order valence-electron chi connectivity index (χ2n) is 5.00. The van der Waals surface area contributed by atoms with Crippen LogP contribution in [0, 0.1) is 5.41 Å². The van der Waals surface area contributed by atoms with E-state index in [0.29, 0.717) is 11.5 Å². The van der Waals surface area contributed by atoms with Gasteiger partial charge in [0.05, 0.1) is 18.8 Å². The van der Waals surface area contributed by atoms with Crippen LogP contribution < -0.4 is 35.9 Å². The van der Waals surface area contributed by atoms with E-state index in [4.69, 9.17) is 0 Å². The topological polar surface area (TPSA) is 57.1 Å². The highest BCUT2D eigenvalue weighted by molar-refractivity contribution is 5.31. The van der Waals surface area contributed by atoms with Crippen LogP contribution in [-0.2, 0) is 6.42 Å². The molecule has 1 aliphatic heterocycles. The van der Waals surface area contributed by atoms with Crippen LogP contribution in [0.1, 0.15) is 30.1 Å². The molecule has 5 N–H and O–H groups in total. The first kappa shape index (κ1) is 14.7. The lowest BCUT2D eigenvalue weighted by Crippen LogP contribution is -3.00. The predicted molar refractivity (Wildman–Crippen MR) is 56.9 cm³/mol. The molecule has 5 heteroatoms. The van der Waals surface area contributed by atoms with Gasteiger partial charge in [-0.15, -0.1) is 0 Å². The Hall–Kier alpha value is -0.350. The number of rotatable bonds is 0. The van der Waals surface area contributed by atoms with Gasteiger partial charge in [0.15, 0.2) is 0 Å². The number of pyridine rings is 1. The summed E-state index contributed by atoms with van der Waals surface area (Å²) in [5.74, 6) is 0. The zero-order valence-corrected chi connectivity index (χ0v) is 11.3. The van der Waals surface area contributed by atoms with Crippen LogP contribution >= 0.6 is 0 Å². The monoisotopic (exact) mass is 275 g/mol. The molecule has 1 aromatic rings. The van der Waals surface area contributed by atoms with Gasteiger partial charge in [-0.2, -0.15) is 0 Å². The van der Waals surface area contributed by atoms with E-state index in [0.717, 1.165) is 6.42 Å². The van der Waals surface area contributed by atoms with E-state index in [-0.39, 0.29) is 24.8 Å². The molecule has 0 bridgehead atoms. The van der Waals surface area contributed by atoms with E-state index in [1.54, 1.807) is 0 Å². The van der Waals surface area contributed by atoms with Crippen molar-refractivity contribution < 1.29 is 35.9 Å². The van der Waals surface area contributed by atoms with Crippen molar-refractivity contribution in [3.8, 4) is 0 Å². The maximum Gasteiger partial charge on any atom is 0.118 e. The Balaban J connectivity index is 0.000000722. The number of aromatic nitrogens is 1. The number of halogens is 2. The minimum Gasteiger partial charge on any atom is -1.00 e. The van der Waals surface area contributed by atoms with E-state index < -0.39 is 0 Å². The first-order chi connectivity index (χ1) is 7.32. The van der Waals surface area contributed by atoms with Crippen molar-refractivity contribution in [1.29, 1.82) is 0 Å². The van der Waals surface area contributed by atoms with Gasteiger partial charge in [-0.1, -0.05) is 0 Å². The molecule has 0 unspecified atom stereocenters. The third kappa shape index (κ3) is 2.29. The maximum atomic E-state index is 4.51. The van der Waals surface area contributed by atoms with Crippen molar-refractivity contribution in [2.75, 3.05) is 13.1 Å². The molecule has 17 heavy (non-hydrogen) atoms. The fourth-order valence-electron chi connectivity index (χ4n) is 3.28. The van der Waals surface area contributed by atoms with E-state index >= 15 is 0 Å². The molecule has 1 spiro atoms. The summed E-state index contributed by atoms with van der Waals surface area (Å²) in [6.07, 6.45) is 5.68. The van der Waals surface area contributed by atoms with Crippen LogP contribution in [0.15, 0.2) is 18.3 Å². The number of piperidine rings is 1. The average molecular weight is 276 g/mol. The number of quaternary nitrogens is 2. The molecule has 2 heterocycles. The lowest BCUT2D eigenvalue weighted by molar-refractivity contribution is -0.671. The molecule has 1 atom stereocenters. The minimum absolute atomic E-state index is 0. The van der Waals surface area contributed by atoms with Crippen molar-refractivity contribution in [2.45, 2.75) is 25.3 Å². The van der Waals surface area contributed by atoms with Crippen LogP contribution in [0.5, 0.6) is 0 Å². The van der Waals surface area contributed by atoms with Crippen LogP contribution in [0.25, 0.3) is 0 Å². The summed E-state index contributed by atoms with van der Waals surface area (Å²) in [7, 11) is 0. The second kappa shape index (κ2) is 5.53. The Morgan fingerprint density at radius 1 is 1.29 bits per heavy atom. The zero-order chi connectivity index (χ0) is 10.3. The fourth-order valence-corrected chi connectivity index (χ4v) is 3.28. The van der Waals surface area contributed by atoms with E-state index in [1.807, 2.05) is 12.3 Å². The molecule has 96 valence electrons. The Morgan fingerprint density at radius 2 is 2.00 bits per heavy atom. The molecule has 3 nitrogen and oxygen atoms in total. The first-order valence-corrected chi connectivity index (χ1v) is 5.90. The van der Waals surface area contributed by atoms with Crippen LogP contribution in [0.3, 0.4) is 0 Å². The Bertz CT molecular complexity index is 378. The maximum absolute atomic E-state index is 4.51. The van der Waals surface area contributed by atoms with Gasteiger partial charge < -0.3 is 35.9 Å². The third-order valence-corrected chi connectivity index (χ3v) is 4.25. The summed E-state index contributed by atoms with van der Waals surface area (Å²) in [5, 5.41) is 2.42. The molecular formula is C12H19Cl2N3. The standard InChI is InChI=1S/C12H17N3.2ClH/c13-11-9-2-1-5-15-10(9)8-12(11)3-6-14-7-4-12;;/h1-2,5,11,14H,3-4,6-8,13H2;2*1H/t11-;;/m1../s1. The summed E-state index contributed by atoms with van der Waals surface area (Å²) >= 11 is 0. The molecule has 0 aromatic carbocycles. The molecule has 0 radical (unpaired) electrons. The van der Waals surface area contributed by atoms with E-state index in [1.165, 1.54) is 37.2 Å². The normalized spacial score (nSPS) is 24.6. The van der Waals surface area contributed by atoms with Gasteiger partial charge in [-0.05, 0) is 12.1 Å². The second-order valence-corrected chi connectivity index (χ2v) is 5.00. The summed E-state index contributed by atoms with van der Waals surface area (Å²) < 4.78 is 0. The SMILES string of the molecule is [Cl-].[Cl-].[NH3+][C@@H]1c2cccnc2CC12CC[NH2+]CC2. The van der Waals surface area contributed by atoms with Gasteiger partial charge in [0.25, 0.3) is 0 Å². The van der Waals surface area contributed by atoms with Gasteiger partial charge in [-0.3, -0.25) is 4.98 Å². The molecule has 1 aromatic heterocycles. The number of fused-ring (bicyclic) bond motifs is 1. The lowest BCUT2D eigenvalue weighted by Gasteiger charge is -2.33. The smallest absolute Gasteiger partial charge is 0.118 e. The van der Waals surface area contributed by atoms with Crippen molar-refractivity contribution in [3.63, 3.8) is 0 Å². The Kier molecular flexibility index (Phi) is 4.78. The molecule has 1 fully saturated rings. The molecule has 3 rings (SSSR count). The van der Waals surface area contributed by atoms with Crippen LogP contribution in [0.2, 0.25) is 0 Å². The Labute approximate surface area is 114 Å². The van der Waals surface area contributed by atoms with Crippen molar-refractivity contribution >= 4 is 0 Å². The molecule has 1 aliphatic carbocycles. The highest BCUT2D eigenvalue weighted by atomic mass is 35.5. The summed E-state index contributed by atoms with van der Waals surface area (Å²) in [5.41, 5.74) is 7.55. The highest BCUT2D eigenvalue weighted by Crippen LogP contribution is 2.47. The summed E-state index contributed by atoms with van der Waals surface area (Å²) in [4.78, 5) is 4.51. The highest BCUT2D eigenvalue weighted by Gasteiger charge is 2.49. The minimum atomic E-state index is 0. The largest absolute Gasteiger partial charge is 1.00 e. The predicted octanol–water partition coefficient (Wildman–Crippen LogP) is -6.73. The van der Waals surface area contributed by atoms with Crippen molar-refractivity contribution in [1.82, 2.24) is 4.98 Å².